The fourth-order valence-electron chi connectivity index (χ4n) is 2.69. The smallest absolute Gasteiger partial charge is 0.278 e. The number of aromatic nitrogens is 1. The maximum atomic E-state index is 12.9. The van der Waals surface area contributed by atoms with Gasteiger partial charge in [-0.2, -0.15) is 5.10 Å². The number of nitrogens with zero attached hydrogens (tertiary/aromatic N) is 4. The molecule has 12 heteroatoms. The van der Waals surface area contributed by atoms with Gasteiger partial charge in [-0.3, -0.25) is 15.1 Å². The van der Waals surface area contributed by atoms with Crippen LogP contribution < -0.4 is 11.1 Å². The van der Waals surface area contributed by atoms with Crippen LogP contribution >= 0.6 is 11.3 Å². The van der Waals surface area contributed by atoms with Gasteiger partial charge in [0.1, 0.15) is 0 Å². The minimum absolute atomic E-state index is 0.106. The molecule has 0 aliphatic carbocycles. The number of oxime groups is 1. The Bertz CT molecular complexity index is 1050. The summed E-state index contributed by atoms with van der Waals surface area (Å²) in [7, 11) is -3.35. The van der Waals surface area contributed by atoms with E-state index in [2.05, 4.69) is 20.6 Å². The van der Waals surface area contributed by atoms with Crippen molar-refractivity contribution in [3.05, 3.63) is 40.9 Å². The fraction of sp³-hybridized carbons (Fsp3) is 0.294. The van der Waals surface area contributed by atoms with Gasteiger partial charge in [-0.1, -0.05) is 28.6 Å². The molecule has 10 nitrogen and oxygen atoms in total. The van der Waals surface area contributed by atoms with Crippen molar-refractivity contribution in [3.63, 3.8) is 0 Å². The van der Waals surface area contributed by atoms with Gasteiger partial charge in [-0.25, -0.2) is 13.4 Å². The second kappa shape index (κ2) is 8.57. The predicted molar refractivity (Wildman–Crippen MR) is 110 cm³/mol. The summed E-state index contributed by atoms with van der Waals surface area (Å²) >= 11 is 1.05. The number of nitrogens with one attached hydrogen (secondary N) is 1. The highest BCUT2D eigenvalue weighted by Gasteiger charge is 2.20. The zero-order valence-electron chi connectivity index (χ0n) is 15.6. The quantitative estimate of drug-likeness (QED) is 0.265. The van der Waals surface area contributed by atoms with Crippen LogP contribution in [0.15, 0.2) is 45.6 Å². The minimum Gasteiger partial charge on any atom is -0.409 e. The van der Waals surface area contributed by atoms with Gasteiger partial charge in [0.25, 0.3) is 5.91 Å². The molecule has 1 aromatic carbocycles. The van der Waals surface area contributed by atoms with Gasteiger partial charge >= 0.3 is 0 Å². The molecular formula is C17H20N6O4S2. The predicted octanol–water partition coefficient (Wildman–Crippen LogP) is 1.08. The average molecular weight is 437 g/mol. The maximum absolute atomic E-state index is 12.9. The van der Waals surface area contributed by atoms with E-state index in [1.807, 2.05) is 5.01 Å². The lowest BCUT2D eigenvalue weighted by Crippen LogP contribution is -2.27. The van der Waals surface area contributed by atoms with Crippen molar-refractivity contribution in [1.82, 2.24) is 9.99 Å². The number of sulfone groups is 1. The van der Waals surface area contributed by atoms with Gasteiger partial charge in [0.2, 0.25) is 0 Å². The van der Waals surface area contributed by atoms with E-state index in [1.165, 1.54) is 18.3 Å². The Morgan fingerprint density at radius 2 is 1.93 bits per heavy atom. The molecular weight excluding hydrogens is 416 g/mol. The molecule has 0 bridgehead atoms. The average Bonchev–Trinajstić information content (AvgIpc) is 3.37. The Morgan fingerprint density at radius 1 is 1.28 bits per heavy atom. The number of amidine groups is 1. The molecule has 2 aromatic rings. The zero-order chi connectivity index (χ0) is 21.0. The Labute approximate surface area is 171 Å². The summed E-state index contributed by atoms with van der Waals surface area (Å²) in [6, 6.07) is 5.98. The summed E-state index contributed by atoms with van der Waals surface area (Å²) in [6.45, 7) is 1.48. The highest BCUT2D eigenvalue weighted by Crippen LogP contribution is 2.19. The van der Waals surface area contributed by atoms with Crippen molar-refractivity contribution in [3.8, 4) is 0 Å². The lowest BCUT2D eigenvalue weighted by Gasteiger charge is -2.14. The number of thiazole rings is 1. The topological polar surface area (TPSA) is 150 Å². The van der Waals surface area contributed by atoms with Crippen LogP contribution in [-0.4, -0.2) is 60.4 Å². The molecule has 1 aromatic heterocycles. The first-order valence-electron chi connectivity index (χ1n) is 8.67. The molecule has 0 saturated carbocycles. The van der Waals surface area contributed by atoms with E-state index in [1.54, 1.807) is 12.1 Å². The zero-order valence-corrected chi connectivity index (χ0v) is 17.2. The number of nitrogens with two attached hydrogens (primary N) is 1. The normalized spacial score (nSPS) is 15.6. The van der Waals surface area contributed by atoms with Gasteiger partial charge < -0.3 is 10.9 Å². The first-order chi connectivity index (χ1) is 13.8. The second-order valence-electron chi connectivity index (χ2n) is 6.37. The molecule has 1 aliphatic heterocycles. The third kappa shape index (κ3) is 5.09. The van der Waals surface area contributed by atoms with Crippen LogP contribution in [0.4, 0.5) is 5.13 Å². The molecule has 2 heterocycles. The molecule has 0 spiro atoms. The van der Waals surface area contributed by atoms with Crippen molar-refractivity contribution in [2.24, 2.45) is 16.0 Å². The van der Waals surface area contributed by atoms with Crippen molar-refractivity contribution in [1.29, 1.82) is 0 Å². The summed E-state index contributed by atoms with van der Waals surface area (Å²) in [5.74, 6) is -0.602. The highest BCUT2D eigenvalue weighted by molar-refractivity contribution is 7.90. The van der Waals surface area contributed by atoms with Crippen molar-refractivity contribution in [2.45, 2.75) is 17.7 Å². The largest absolute Gasteiger partial charge is 0.409 e. The van der Waals surface area contributed by atoms with Crippen LogP contribution in [0.1, 0.15) is 23.3 Å². The lowest BCUT2D eigenvalue weighted by molar-refractivity contribution is -0.110. The van der Waals surface area contributed by atoms with Crippen LogP contribution in [0, 0.1) is 0 Å². The van der Waals surface area contributed by atoms with E-state index >= 15 is 0 Å². The molecule has 1 saturated heterocycles. The number of hydrogen-bond acceptors (Lipinski definition) is 9. The fourth-order valence-corrected chi connectivity index (χ4v) is 4.03. The van der Waals surface area contributed by atoms with E-state index < -0.39 is 15.7 Å². The summed E-state index contributed by atoms with van der Waals surface area (Å²) in [6.07, 6.45) is 4.48. The molecule has 1 amide bonds. The number of hydrogen-bond donors (Lipinski definition) is 3. The van der Waals surface area contributed by atoms with Crippen molar-refractivity contribution in [2.75, 3.05) is 24.7 Å². The van der Waals surface area contributed by atoms with Crippen molar-refractivity contribution >= 4 is 43.8 Å². The highest BCUT2D eigenvalue weighted by atomic mass is 32.2. The third-order valence-corrected chi connectivity index (χ3v) is 6.24. The molecule has 4 N–H and O–H groups in total. The first kappa shape index (κ1) is 20.7. The molecule has 29 heavy (non-hydrogen) atoms. The van der Waals surface area contributed by atoms with Crippen LogP contribution in [-0.2, 0) is 14.6 Å². The number of benzene rings is 1. The summed E-state index contributed by atoms with van der Waals surface area (Å²) in [5, 5.41) is 20.8. The molecule has 154 valence electrons. The van der Waals surface area contributed by atoms with Gasteiger partial charge in [-0.05, 0) is 25.0 Å². The molecule has 0 unspecified atom stereocenters. The van der Waals surface area contributed by atoms with E-state index in [9.17, 15) is 13.2 Å². The molecule has 0 radical (unpaired) electrons. The van der Waals surface area contributed by atoms with Crippen molar-refractivity contribution < 1.29 is 18.4 Å². The summed E-state index contributed by atoms with van der Waals surface area (Å²) < 4.78 is 23.4. The van der Waals surface area contributed by atoms with Crippen LogP contribution in [0.5, 0.6) is 0 Å². The van der Waals surface area contributed by atoms with E-state index in [-0.39, 0.29) is 21.6 Å². The Balaban J connectivity index is 1.89. The third-order valence-electron chi connectivity index (χ3n) is 4.18. The summed E-state index contributed by atoms with van der Waals surface area (Å²) in [5.41, 5.74) is 6.15. The van der Waals surface area contributed by atoms with Gasteiger partial charge in [-0.15, -0.1) is 0 Å². The summed E-state index contributed by atoms with van der Waals surface area (Å²) in [4.78, 5) is 17.5. The number of rotatable bonds is 6. The van der Waals surface area contributed by atoms with Crippen LogP contribution in [0.25, 0.3) is 0 Å². The standard InChI is InChI=1S/C17H20N6O4S2/c1-29(26,27)12-6-4-11(5-7-12)14(21-23-8-2-3-9-23)16(24)20-17-19-10-13(28-17)15(18)22-25/h4-7,10,25H,2-3,8-9H2,1H3,(H2,18,22)(H,19,20,24). The van der Waals surface area contributed by atoms with Crippen LogP contribution in [0.2, 0.25) is 0 Å². The SMILES string of the molecule is CS(=O)(=O)c1ccc(C(=NN2CCCC2)C(=O)Nc2ncc(C(N)=NO)s2)cc1. The number of hydrazone groups is 1. The second-order valence-corrected chi connectivity index (χ2v) is 9.42. The molecule has 1 fully saturated rings. The minimum atomic E-state index is -3.35. The van der Waals surface area contributed by atoms with Crippen LogP contribution in [0.3, 0.4) is 0 Å². The number of carbonyl (C=O) groups excluding carboxylic acids is 1. The van der Waals surface area contributed by atoms with E-state index in [0.717, 1.165) is 43.5 Å². The Morgan fingerprint density at radius 3 is 2.52 bits per heavy atom. The molecule has 3 rings (SSSR count). The Hall–Kier alpha value is -2.99. The molecule has 1 aliphatic rings. The lowest BCUT2D eigenvalue weighted by atomic mass is 10.1. The monoisotopic (exact) mass is 436 g/mol. The van der Waals surface area contributed by atoms with E-state index in [4.69, 9.17) is 10.9 Å². The van der Waals surface area contributed by atoms with E-state index in [0.29, 0.717) is 10.4 Å². The Kier molecular flexibility index (Phi) is 6.13. The van der Waals surface area contributed by atoms with Gasteiger partial charge in [0.15, 0.2) is 26.5 Å². The van der Waals surface area contributed by atoms with Gasteiger partial charge in [0, 0.05) is 24.9 Å². The first-order valence-corrected chi connectivity index (χ1v) is 11.4. The number of carbonyl (C=O) groups is 1. The number of amides is 1. The number of anilines is 1. The van der Waals surface area contributed by atoms with Gasteiger partial charge in [0.05, 0.1) is 16.0 Å². The molecule has 0 atom stereocenters. The maximum Gasteiger partial charge on any atom is 0.278 e.